The van der Waals surface area contributed by atoms with Gasteiger partial charge in [-0.2, -0.15) is 0 Å². The average Bonchev–Trinajstić information content (AvgIpc) is 2.38. The van der Waals surface area contributed by atoms with E-state index in [4.69, 9.17) is 15.9 Å². The van der Waals surface area contributed by atoms with Gasteiger partial charge in [0.25, 0.3) is 0 Å². The average molecular weight is 258 g/mol. The minimum absolute atomic E-state index is 0.0156. The summed E-state index contributed by atoms with van der Waals surface area (Å²) >= 11 is 0. The molecule has 1 rings (SSSR count). The number of amides is 1. The Labute approximate surface area is 107 Å². The van der Waals surface area contributed by atoms with Gasteiger partial charge in [0.05, 0.1) is 5.41 Å². The third-order valence-electron chi connectivity index (χ3n) is 3.70. The first-order valence-electron chi connectivity index (χ1n) is 6.40. The number of carboxylic acids is 1. The van der Waals surface area contributed by atoms with E-state index >= 15 is 0 Å². The molecule has 0 radical (unpaired) electrons. The molecule has 1 saturated carbocycles. The molecule has 0 heterocycles. The van der Waals surface area contributed by atoms with E-state index in [1.165, 1.54) is 0 Å². The fourth-order valence-electron chi connectivity index (χ4n) is 2.45. The third-order valence-corrected chi connectivity index (χ3v) is 3.70. The second-order valence-corrected chi connectivity index (χ2v) is 4.92. The van der Waals surface area contributed by atoms with Gasteiger partial charge < -0.3 is 21.3 Å². The number of aliphatic hydroxyl groups excluding tert-OH is 1. The molecule has 0 bridgehead atoms. The highest BCUT2D eigenvalue weighted by Gasteiger charge is 2.39. The van der Waals surface area contributed by atoms with Gasteiger partial charge in [-0.3, -0.25) is 4.79 Å². The molecule has 104 valence electrons. The Balaban J connectivity index is 2.68. The van der Waals surface area contributed by atoms with Crippen molar-refractivity contribution in [3.05, 3.63) is 0 Å². The Hall–Kier alpha value is -1.14. The Morgan fingerprint density at radius 2 is 1.89 bits per heavy atom. The van der Waals surface area contributed by atoms with Crippen molar-refractivity contribution < 1.29 is 19.8 Å². The lowest BCUT2D eigenvalue weighted by molar-refractivity contribution is -0.144. The number of hydrogen-bond donors (Lipinski definition) is 4. The number of carbonyl (C=O) groups is 2. The Bertz CT molecular complexity index is 300. The van der Waals surface area contributed by atoms with Crippen LogP contribution in [0.25, 0.3) is 0 Å². The van der Waals surface area contributed by atoms with Crippen LogP contribution in [0.3, 0.4) is 0 Å². The van der Waals surface area contributed by atoms with Crippen LogP contribution in [-0.2, 0) is 9.59 Å². The van der Waals surface area contributed by atoms with Gasteiger partial charge >= 0.3 is 5.97 Å². The highest BCUT2D eigenvalue weighted by Crippen LogP contribution is 2.35. The number of carbonyl (C=O) groups excluding carboxylic acids is 1. The first-order chi connectivity index (χ1) is 8.55. The molecule has 1 fully saturated rings. The Morgan fingerprint density at radius 1 is 1.28 bits per heavy atom. The topological polar surface area (TPSA) is 113 Å². The van der Waals surface area contributed by atoms with Gasteiger partial charge in [0.1, 0.15) is 6.04 Å². The SMILES string of the molecule is NCC1(C(=O)NC(CCO)C(=O)O)CCCCC1. The van der Waals surface area contributed by atoms with Crippen LogP contribution in [-0.4, -0.2) is 41.3 Å². The maximum absolute atomic E-state index is 12.2. The first-order valence-corrected chi connectivity index (χ1v) is 6.40. The lowest BCUT2D eigenvalue weighted by Crippen LogP contribution is -2.52. The fourth-order valence-corrected chi connectivity index (χ4v) is 2.45. The predicted molar refractivity (Wildman–Crippen MR) is 65.8 cm³/mol. The van der Waals surface area contributed by atoms with Crippen molar-refractivity contribution in [3.63, 3.8) is 0 Å². The summed E-state index contributed by atoms with van der Waals surface area (Å²) in [6.07, 6.45) is 4.42. The van der Waals surface area contributed by atoms with Crippen LogP contribution in [0.5, 0.6) is 0 Å². The van der Waals surface area contributed by atoms with Gasteiger partial charge in [0.15, 0.2) is 0 Å². The van der Waals surface area contributed by atoms with E-state index in [-0.39, 0.29) is 25.5 Å². The molecule has 0 saturated heterocycles. The molecule has 18 heavy (non-hydrogen) atoms. The second kappa shape index (κ2) is 6.70. The molecule has 1 unspecified atom stereocenters. The normalized spacial score (nSPS) is 20.1. The van der Waals surface area contributed by atoms with Crippen molar-refractivity contribution in [2.75, 3.05) is 13.2 Å². The van der Waals surface area contributed by atoms with Gasteiger partial charge in [-0.05, 0) is 12.8 Å². The molecule has 0 aliphatic heterocycles. The van der Waals surface area contributed by atoms with Gasteiger partial charge in [0.2, 0.25) is 5.91 Å². The van der Waals surface area contributed by atoms with Crippen LogP contribution in [0.4, 0.5) is 0 Å². The van der Waals surface area contributed by atoms with E-state index in [1.54, 1.807) is 0 Å². The molecule has 6 nitrogen and oxygen atoms in total. The van der Waals surface area contributed by atoms with Crippen LogP contribution in [0, 0.1) is 5.41 Å². The Kier molecular flexibility index (Phi) is 5.55. The quantitative estimate of drug-likeness (QED) is 0.529. The molecule has 1 aliphatic rings. The maximum atomic E-state index is 12.2. The maximum Gasteiger partial charge on any atom is 0.326 e. The minimum atomic E-state index is -1.12. The van der Waals surface area contributed by atoms with Gasteiger partial charge in [-0.25, -0.2) is 4.79 Å². The lowest BCUT2D eigenvalue weighted by atomic mass is 9.73. The molecule has 0 aromatic heterocycles. The monoisotopic (exact) mass is 258 g/mol. The van der Waals surface area contributed by atoms with Crippen molar-refractivity contribution in [1.29, 1.82) is 0 Å². The first kappa shape index (κ1) is 14.9. The number of rotatable bonds is 6. The second-order valence-electron chi connectivity index (χ2n) is 4.92. The fraction of sp³-hybridized carbons (Fsp3) is 0.833. The lowest BCUT2D eigenvalue weighted by Gasteiger charge is -2.35. The molecular weight excluding hydrogens is 236 g/mol. The summed E-state index contributed by atoms with van der Waals surface area (Å²) in [6.45, 7) is -0.0306. The molecular formula is C12H22N2O4. The number of nitrogens with one attached hydrogen (secondary N) is 1. The number of nitrogens with two attached hydrogens (primary N) is 1. The summed E-state index contributed by atoms with van der Waals surface area (Å²) in [5.41, 5.74) is 5.08. The van der Waals surface area contributed by atoms with E-state index in [2.05, 4.69) is 5.32 Å². The zero-order valence-electron chi connectivity index (χ0n) is 10.5. The third kappa shape index (κ3) is 3.43. The number of hydrogen-bond acceptors (Lipinski definition) is 4. The van der Waals surface area contributed by atoms with E-state index in [9.17, 15) is 9.59 Å². The van der Waals surface area contributed by atoms with Crippen molar-refractivity contribution in [2.24, 2.45) is 11.1 Å². The Morgan fingerprint density at radius 3 is 2.33 bits per heavy atom. The molecule has 0 spiro atoms. The highest BCUT2D eigenvalue weighted by molar-refractivity contribution is 5.87. The van der Waals surface area contributed by atoms with Crippen molar-refractivity contribution in [2.45, 2.75) is 44.6 Å². The zero-order chi connectivity index (χ0) is 13.6. The van der Waals surface area contributed by atoms with E-state index in [1.807, 2.05) is 0 Å². The van der Waals surface area contributed by atoms with Crippen molar-refractivity contribution in [1.82, 2.24) is 5.32 Å². The van der Waals surface area contributed by atoms with E-state index < -0.39 is 17.4 Å². The van der Waals surface area contributed by atoms with E-state index in [0.717, 1.165) is 19.3 Å². The summed E-state index contributed by atoms with van der Waals surface area (Å²) in [7, 11) is 0. The molecule has 5 N–H and O–H groups in total. The van der Waals surface area contributed by atoms with E-state index in [0.29, 0.717) is 12.8 Å². The van der Waals surface area contributed by atoms with Crippen LogP contribution in [0.2, 0.25) is 0 Å². The van der Waals surface area contributed by atoms with Crippen LogP contribution < -0.4 is 11.1 Å². The molecule has 0 aromatic rings. The molecule has 0 aromatic carbocycles. The van der Waals surface area contributed by atoms with Crippen LogP contribution >= 0.6 is 0 Å². The number of aliphatic hydroxyl groups is 1. The summed E-state index contributed by atoms with van der Waals surface area (Å²) in [5, 5.41) is 20.2. The van der Waals surface area contributed by atoms with Gasteiger partial charge in [-0.1, -0.05) is 19.3 Å². The summed E-state index contributed by atoms with van der Waals surface area (Å²) < 4.78 is 0. The molecule has 1 amide bonds. The van der Waals surface area contributed by atoms with Crippen LogP contribution in [0.1, 0.15) is 38.5 Å². The number of carboxylic acid groups (broad SMARTS) is 1. The van der Waals surface area contributed by atoms with Crippen molar-refractivity contribution >= 4 is 11.9 Å². The standard InChI is InChI=1S/C12H22N2O4/c13-8-12(5-2-1-3-6-12)11(18)14-9(4-7-15)10(16)17/h9,15H,1-8,13H2,(H,14,18)(H,16,17). The van der Waals surface area contributed by atoms with Crippen LogP contribution in [0.15, 0.2) is 0 Å². The largest absolute Gasteiger partial charge is 0.480 e. The minimum Gasteiger partial charge on any atom is -0.480 e. The smallest absolute Gasteiger partial charge is 0.326 e. The summed E-state index contributed by atoms with van der Waals surface area (Å²) in [6, 6.07) is -1.03. The number of aliphatic carboxylic acids is 1. The zero-order valence-corrected chi connectivity index (χ0v) is 10.5. The summed E-state index contributed by atoms with van der Waals surface area (Å²) in [4.78, 5) is 23.1. The molecule has 6 heteroatoms. The van der Waals surface area contributed by atoms with Gasteiger partial charge in [-0.15, -0.1) is 0 Å². The van der Waals surface area contributed by atoms with Gasteiger partial charge in [0, 0.05) is 19.6 Å². The summed E-state index contributed by atoms with van der Waals surface area (Å²) in [5.74, 6) is -1.41. The van der Waals surface area contributed by atoms with Crippen molar-refractivity contribution in [3.8, 4) is 0 Å². The molecule has 1 aliphatic carbocycles. The predicted octanol–water partition coefficient (Wildman–Crippen LogP) is -0.153. The molecule has 1 atom stereocenters. The highest BCUT2D eigenvalue weighted by atomic mass is 16.4.